The fourth-order valence-electron chi connectivity index (χ4n) is 1.61. The van der Waals surface area contributed by atoms with Crippen molar-refractivity contribution in [2.24, 2.45) is 11.7 Å². The molecule has 0 aromatic heterocycles. The predicted octanol–water partition coefficient (Wildman–Crippen LogP) is 2.12. The highest BCUT2D eigenvalue weighted by atomic mass is 16.5. The molecule has 1 aromatic carbocycles. The molecule has 3 heteroatoms. The molecule has 88 valence electrons. The first-order chi connectivity index (χ1) is 7.79. The average molecular weight is 221 g/mol. The van der Waals surface area contributed by atoms with Gasteiger partial charge in [-0.25, -0.2) is 0 Å². The van der Waals surface area contributed by atoms with E-state index in [1.807, 2.05) is 24.3 Å². The van der Waals surface area contributed by atoms with Gasteiger partial charge >= 0.3 is 0 Å². The molecule has 0 saturated heterocycles. The minimum Gasteiger partial charge on any atom is -0.497 e. The molecule has 1 unspecified atom stereocenters. The van der Waals surface area contributed by atoms with Gasteiger partial charge in [0.15, 0.2) is 0 Å². The lowest BCUT2D eigenvalue weighted by molar-refractivity contribution is 0.112. The summed E-state index contributed by atoms with van der Waals surface area (Å²) < 4.78 is 10.7. The molecule has 0 spiro atoms. The molecule has 1 aliphatic carbocycles. The fraction of sp³-hybridized carbons (Fsp3) is 0.538. The molecule has 0 heterocycles. The highest BCUT2D eigenvalue weighted by Crippen LogP contribution is 2.29. The third-order valence-corrected chi connectivity index (χ3v) is 2.87. The molecule has 0 radical (unpaired) electrons. The van der Waals surface area contributed by atoms with Crippen molar-refractivity contribution in [3.63, 3.8) is 0 Å². The van der Waals surface area contributed by atoms with Crippen LogP contribution in [0.2, 0.25) is 0 Å². The summed E-state index contributed by atoms with van der Waals surface area (Å²) in [5, 5.41) is 0. The summed E-state index contributed by atoms with van der Waals surface area (Å²) in [7, 11) is 1.66. The van der Waals surface area contributed by atoms with E-state index < -0.39 is 0 Å². The molecule has 0 bridgehead atoms. The minimum absolute atomic E-state index is 0.0613. The molecule has 2 N–H and O–H groups in total. The van der Waals surface area contributed by atoms with E-state index in [2.05, 4.69) is 0 Å². The highest BCUT2D eigenvalue weighted by molar-refractivity contribution is 5.30. The molecular weight excluding hydrogens is 202 g/mol. The van der Waals surface area contributed by atoms with Gasteiger partial charge in [-0.3, -0.25) is 0 Å². The molecule has 1 saturated carbocycles. The predicted molar refractivity (Wildman–Crippen MR) is 63.5 cm³/mol. The Morgan fingerprint density at radius 3 is 2.94 bits per heavy atom. The summed E-state index contributed by atoms with van der Waals surface area (Å²) in [5.41, 5.74) is 7.11. The van der Waals surface area contributed by atoms with Gasteiger partial charge in [0.05, 0.1) is 19.8 Å². The Morgan fingerprint density at radius 1 is 1.44 bits per heavy atom. The van der Waals surface area contributed by atoms with Gasteiger partial charge in [0.1, 0.15) is 5.75 Å². The maximum Gasteiger partial charge on any atom is 0.119 e. The number of rotatable bonds is 6. The number of benzene rings is 1. The number of nitrogens with two attached hydrogens (primary N) is 1. The number of methoxy groups -OCH3 is 1. The maximum absolute atomic E-state index is 6.04. The van der Waals surface area contributed by atoms with Gasteiger partial charge in [-0.2, -0.15) is 0 Å². The van der Waals surface area contributed by atoms with E-state index in [1.165, 1.54) is 12.8 Å². The van der Waals surface area contributed by atoms with E-state index in [-0.39, 0.29) is 6.04 Å². The van der Waals surface area contributed by atoms with Crippen molar-refractivity contribution < 1.29 is 9.47 Å². The largest absolute Gasteiger partial charge is 0.497 e. The van der Waals surface area contributed by atoms with Crippen LogP contribution in [0.25, 0.3) is 0 Å². The summed E-state index contributed by atoms with van der Waals surface area (Å²) in [6.07, 6.45) is 2.63. The smallest absolute Gasteiger partial charge is 0.119 e. The third-order valence-electron chi connectivity index (χ3n) is 2.87. The summed E-state index contributed by atoms with van der Waals surface area (Å²) in [6, 6.07) is 7.78. The van der Waals surface area contributed by atoms with Gasteiger partial charge in [0.2, 0.25) is 0 Å². The lowest BCUT2D eigenvalue weighted by Gasteiger charge is -2.13. The van der Waals surface area contributed by atoms with Crippen molar-refractivity contribution in [1.29, 1.82) is 0 Å². The van der Waals surface area contributed by atoms with Gasteiger partial charge < -0.3 is 15.2 Å². The summed E-state index contributed by atoms with van der Waals surface area (Å²) >= 11 is 0. The second-order valence-corrected chi connectivity index (χ2v) is 4.36. The van der Waals surface area contributed by atoms with E-state index in [0.29, 0.717) is 6.61 Å². The van der Waals surface area contributed by atoms with Crippen LogP contribution < -0.4 is 10.5 Å². The van der Waals surface area contributed by atoms with Gasteiger partial charge in [-0.05, 0) is 36.5 Å². The van der Waals surface area contributed by atoms with Crippen LogP contribution in [0, 0.1) is 5.92 Å². The second-order valence-electron chi connectivity index (χ2n) is 4.36. The maximum atomic E-state index is 6.04. The summed E-state index contributed by atoms with van der Waals surface area (Å²) in [4.78, 5) is 0. The van der Waals surface area contributed by atoms with Crippen molar-refractivity contribution in [3.05, 3.63) is 29.8 Å². The van der Waals surface area contributed by atoms with Gasteiger partial charge in [-0.15, -0.1) is 0 Å². The molecule has 0 aliphatic heterocycles. The van der Waals surface area contributed by atoms with E-state index >= 15 is 0 Å². The van der Waals surface area contributed by atoms with Crippen molar-refractivity contribution in [2.45, 2.75) is 18.9 Å². The van der Waals surface area contributed by atoms with Crippen molar-refractivity contribution >= 4 is 0 Å². The Labute approximate surface area is 96.5 Å². The van der Waals surface area contributed by atoms with Crippen LogP contribution in [-0.2, 0) is 4.74 Å². The molecule has 1 aromatic rings. The molecule has 1 fully saturated rings. The van der Waals surface area contributed by atoms with Gasteiger partial charge in [0.25, 0.3) is 0 Å². The van der Waals surface area contributed by atoms with Gasteiger partial charge in [0, 0.05) is 6.61 Å². The SMILES string of the molecule is COc1cccc(C(N)COCC2CC2)c1. The van der Waals surface area contributed by atoms with Crippen LogP contribution in [-0.4, -0.2) is 20.3 Å². The van der Waals surface area contributed by atoms with Crippen molar-refractivity contribution in [3.8, 4) is 5.75 Å². The number of hydrogen-bond acceptors (Lipinski definition) is 3. The Kier molecular flexibility index (Phi) is 3.80. The van der Waals surface area contributed by atoms with Gasteiger partial charge in [-0.1, -0.05) is 12.1 Å². The zero-order valence-corrected chi connectivity index (χ0v) is 9.69. The molecule has 3 nitrogen and oxygen atoms in total. The first-order valence-corrected chi connectivity index (χ1v) is 5.77. The fourth-order valence-corrected chi connectivity index (χ4v) is 1.61. The normalized spacial score (nSPS) is 17.1. The zero-order chi connectivity index (χ0) is 11.4. The average Bonchev–Trinajstić information content (AvgIpc) is 3.13. The molecule has 1 aliphatic rings. The van der Waals surface area contributed by atoms with Crippen LogP contribution in [0.1, 0.15) is 24.4 Å². The lowest BCUT2D eigenvalue weighted by Crippen LogP contribution is -2.17. The second kappa shape index (κ2) is 5.32. The van der Waals surface area contributed by atoms with E-state index in [1.54, 1.807) is 7.11 Å². The Bertz CT molecular complexity index is 336. The monoisotopic (exact) mass is 221 g/mol. The molecule has 2 rings (SSSR count). The Hall–Kier alpha value is -1.06. The molecule has 0 amide bonds. The van der Waals surface area contributed by atoms with Crippen molar-refractivity contribution in [2.75, 3.05) is 20.3 Å². The third kappa shape index (κ3) is 3.22. The number of ether oxygens (including phenoxy) is 2. The standard InChI is InChI=1S/C13H19NO2/c1-15-12-4-2-3-11(7-12)13(14)9-16-8-10-5-6-10/h2-4,7,10,13H,5-6,8-9,14H2,1H3. The zero-order valence-electron chi connectivity index (χ0n) is 9.69. The first-order valence-electron chi connectivity index (χ1n) is 5.77. The minimum atomic E-state index is -0.0613. The van der Waals surface area contributed by atoms with E-state index in [4.69, 9.17) is 15.2 Å². The van der Waals surface area contributed by atoms with Crippen LogP contribution in [0.5, 0.6) is 5.75 Å². The van der Waals surface area contributed by atoms with Crippen LogP contribution in [0.3, 0.4) is 0 Å². The Balaban J connectivity index is 1.83. The van der Waals surface area contributed by atoms with E-state index in [0.717, 1.165) is 23.8 Å². The van der Waals surface area contributed by atoms with Crippen molar-refractivity contribution in [1.82, 2.24) is 0 Å². The first kappa shape index (κ1) is 11.4. The van der Waals surface area contributed by atoms with E-state index in [9.17, 15) is 0 Å². The Morgan fingerprint density at radius 2 is 2.25 bits per heavy atom. The van der Waals surface area contributed by atoms with Crippen LogP contribution >= 0.6 is 0 Å². The number of hydrogen-bond donors (Lipinski definition) is 1. The highest BCUT2D eigenvalue weighted by Gasteiger charge is 2.21. The lowest BCUT2D eigenvalue weighted by atomic mass is 10.1. The van der Waals surface area contributed by atoms with Crippen LogP contribution in [0.15, 0.2) is 24.3 Å². The molecule has 1 atom stereocenters. The quantitative estimate of drug-likeness (QED) is 0.800. The van der Waals surface area contributed by atoms with Crippen LogP contribution in [0.4, 0.5) is 0 Å². The molecule has 16 heavy (non-hydrogen) atoms. The summed E-state index contributed by atoms with van der Waals surface area (Å²) in [6.45, 7) is 1.45. The summed E-state index contributed by atoms with van der Waals surface area (Å²) in [5.74, 6) is 1.63. The molecular formula is C13H19NO2. The topological polar surface area (TPSA) is 44.5 Å².